The fourth-order valence-corrected chi connectivity index (χ4v) is 3.19. The molecule has 2 N–H and O–H groups in total. The van der Waals surface area contributed by atoms with Crippen LogP contribution in [0.3, 0.4) is 0 Å². The predicted octanol–water partition coefficient (Wildman–Crippen LogP) is 1.33. The van der Waals surface area contributed by atoms with Crippen molar-refractivity contribution in [2.45, 2.75) is 18.6 Å². The number of hydrazine groups is 1. The summed E-state index contributed by atoms with van der Waals surface area (Å²) in [5, 5.41) is 3.28. The van der Waals surface area contributed by atoms with E-state index in [0.717, 1.165) is 0 Å². The Bertz CT molecular complexity index is 976. The van der Waals surface area contributed by atoms with Gasteiger partial charge in [-0.2, -0.15) is 5.01 Å². The maximum absolute atomic E-state index is 12.9. The second-order valence-corrected chi connectivity index (χ2v) is 6.76. The van der Waals surface area contributed by atoms with Crippen molar-refractivity contribution in [1.29, 1.82) is 0 Å². The van der Waals surface area contributed by atoms with Gasteiger partial charge in [0.1, 0.15) is 17.9 Å². The number of nitrogens with one attached hydrogen (secondary N) is 2. The van der Waals surface area contributed by atoms with Gasteiger partial charge in [-0.1, -0.05) is 24.3 Å². The van der Waals surface area contributed by atoms with Gasteiger partial charge in [-0.25, -0.2) is 4.79 Å². The van der Waals surface area contributed by atoms with E-state index in [0.29, 0.717) is 27.8 Å². The Morgan fingerprint density at radius 3 is 2.55 bits per heavy atom. The first-order valence-corrected chi connectivity index (χ1v) is 8.92. The van der Waals surface area contributed by atoms with E-state index in [1.54, 1.807) is 55.5 Å². The average molecular weight is 397 g/mol. The monoisotopic (exact) mass is 397 g/mol. The second kappa shape index (κ2) is 7.01. The van der Waals surface area contributed by atoms with Gasteiger partial charge < -0.3 is 19.5 Å². The van der Waals surface area contributed by atoms with Crippen LogP contribution < -0.4 is 25.0 Å². The van der Waals surface area contributed by atoms with Crippen molar-refractivity contribution in [1.82, 2.24) is 15.8 Å². The summed E-state index contributed by atoms with van der Waals surface area (Å²) >= 11 is 0. The van der Waals surface area contributed by atoms with Crippen LogP contribution in [0.4, 0.5) is 4.79 Å². The number of methoxy groups -OCH3 is 1. The number of imide groups is 1. The molecule has 0 saturated carbocycles. The molecule has 4 rings (SSSR count). The first-order valence-electron chi connectivity index (χ1n) is 8.92. The van der Waals surface area contributed by atoms with E-state index >= 15 is 0 Å². The number of para-hydroxylation sites is 2. The lowest BCUT2D eigenvalue weighted by Gasteiger charge is -2.27. The summed E-state index contributed by atoms with van der Waals surface area (Å²) in [6.45, 7) is 1.53. The molecule has 2 aromatic rings. The molecular formula is C20H19N3O6. The van der Waals surface area contributed by atoms with Gasteiger partial charge >= 0.3 is 6.03 Å². The molecule has 9 heteroatoms. The summed E-state index contributed by atoms with van der Waals surface area (Å²) in [7, 11) is 1.53. The first-order chi connectivity index (χ1) is 13.9. The van der Waals surface area contributed by atoms with E-state index in [1.165, 1.54) is 7.11 Å². The lowest BCUT2D eigenvalue weighted by atomic mass is 9.92. The number of fused-ring (bicyclic) bond motifs is 1. The Balaban J connectivity index is 1.48. The zero-order chi connectivity index (χ0) is 20.6. The molecule has 1 fully saturated rings. The maximum Gasteiger partial charge on any atom is 0.344 e. The quantitative estimate of drug-likeness (QED) is 0.754. The highest BCUT2D eigenvalue weighted by molar-refractivity contribution is 6.08. The summed E-state index contributed by atoms with van der Waals surface area (Å²) in [5.41, 5.74) is 1.56. The number of urea groups is 1. The van der Waals surface area contributed by atoms with E-state index < -0.39 is 29.5 Å². The molecule has 0 unspecified atom stereocenters. The van der Waals surface area contributed by atoms with Crippen LogP contribution in [0.15, 0.2) is 48.5 Å². The van der Waals surface area contributed by atoms with Crippen LogP contribution in [-0.4, -0.2) is 42.7 Å². The smallest absolute Gasteiger partial charge is 0.344 e. The predicted molar refractivity (Wildman–Crippen MR) is 100 cm³/mol. The van der Waals surface area contributed by atoms with Crippen LogP contribution in [0.1, 0.15) is 12.5 Å². The van der Waals surface area contributed by atoms with Gasteiger partial charge in [0, 0.05) is 0 Å². The Morgan fingerprint density at radius 1 is 1.17 bits per heavy atom. The number of rotatable bonds is 4. The van der Waals surface area contributed by atoms with Crippen molar-refractivity contribution in [3.63, 3.8) is 0 Å². The molecule has 0 spiro atoms. The van der Waals surface area contributed by atoms with Gasteiger partial charge in [-0.05, 0) is 36.8 Å². The summed E-state index contributed by atoms with van der Waals surface area (Å²) in [4.78, 5) is 37.9. The van der Waals surface area contributed by atoms with Gasteiger partial charge in [0.2, 0.25) is 6.10 Å². The molecule has 1 saturated heterocycles. The van der Waals surface area contributed by atoms with E-state index in [2.05, 4.69) is 10.7 Å². The Labute approximate surface area is 166 Å². The minimum atomic E-state index is -1.33. The van der Waals surface area contributed by atoms with E-state index in [-0.39, 0.29) is 6.61 Å². The molecule has 2 atom stereocenters. The zero-order valence-electron chi connectivity index (χ0n) is 15.8. The molecule has 2 aliphatic heterocycles. The third kappa shape index (κ3) is 3.20. The van der Waals surface area contributed by atoms with E-state index in [4.69, 9.17) is 14.2 Å². The minimum Gasteiger partial charge on any atom is -0.497 e. The second-order valence-electron chi connectivity index (χ2n) is 6.76. The lowest BCUT2D eigenvalue weighted by Crippen LogP contribution is -2.53. The number of hydrogen-bond donors (Lipinski definition) is 2. The topological polar surface area (TPSA) is 106 Å². The highest BCUT2D eigenvalue weighted by atomic mass is 16.6. The fraction of sp³-hybridized carbons (Fsp3) is 0.250. The average Bonchev–Trinajstić information content (AvgIpc) is 2.97. The molecule has 0 aromatic heterocycles. The fourth-order valence-electron chi connectivity index (χ4n) is 3.19. The van der Waals surface area contributed by atoms with Gasteiger partial charge in [0.15, 0.2) is 11.5 Å². The van der Waals surface area contributed by atoms with Crippen molar-refractivity contribution in [2.24, 2.45) is 0 Å². The molecule has 9 nitrogen and oxygen atoms in total. The third-order valence-corrected chi connectivity index (χ3v) is 4.88. The molecule has 2 heterocycles. The van der Waals surface area contributed by atoms with Crippen molar-refractivity contribution in [3.8, 4) is 17.2 Å². The molecular weight excluding hydrogens is 378 g/mol. The van der Waals surface area contributed by atoms with Crippen molar-refractivity contribution >= 4 is 17.8 Å². The van der Waals surface area contributed by atoms with Crippen molar-refractivity contribution < 1.29 is 28.6 Å². The number of hydrogen-bond acceptors (Lipinski definition) is 6. The lowest BCUT2D eigenvalue weighted by molar-refractivity contribution is -0.143. The minimum absolute atomic E-state index is 0.0394. The molecule has 150 valence electrons. The van der Waals surface area contributed by atoms with Gasteiger partial charge in [-0.15, -0.1) is 0 Å². The maximum atomic E-state index is 12.9. The van der Waals surface area contributed by atoms with Crippen LogP contribution in [0.2, 0.25) is 0 Å². The van der Waals surface area contributed by atoms with Crippen LogP contribution >= 0.6 is 0 Å². The molecule has 0 radical (unpaired) electrons. The summed E-state index contributed by atoms with van der Waals surface area (Å²) in [6, 6.07) is 12.9. The number of benzene rings is 2. The Hall–Kier alpha value is -3.75. The normalized spacial score (nSPS) is 22.8. The van der Waals surface area contributed by atoms with Gasteiger partial charge in [-0.3, -0.25) is 15.0 Å². The van der Waals surface area contributed by atoms with Crippen LogP contribution in [-0.2, 0) is 15.1 Å². The number of ether oxygens (including phenoxy) is 3. The Morgan fingerprint density at radius 2 is 1.86 bits per heavy atom. The zero-order valence-corrected chi connectivity index (χ0v) is 15.8. The summed E-state index contributed by atoms with van der Waals surface area (Å²) in [5.74, 6) is 0.284. The molecule has 0 aliphatic carbocycles. The van der Waals surface area contributed by atoms with E-state index in [9.17, 15) is 14.4 Å². The largest absolute Gasteiger partial charge is 0.497 e. The molecule has 4 amide bonds. The Kier molecular flexibility index (Phi) is 4.50. The third-order valence-electron chi connectivity index (χ3n) is 4.88. The number of carbonyl (C=O) groups excluding carboxylic acids is 3. The van der Waals surface area contributed by atoms with Crippen molar-refractivity contribution in [2.75, 3.05) is 13.7 Å². The molecule has 2 aliphatic rings. The highest BCUT2D eigenvalue weighted by Crippen LogP contribution is 2.32. The molecule has 29 heavy (non-hydrogen) atoms. The van der Waals surface area contributed by atoms with Crippen LogP contribution in [0, 0.1) is 0 Å². The number of nitrogens with zero attached hydrogens (tertiary/aromatic N) is 1. The number of carbonyl (C=O) groups is 3. The highest BCUT2D eigenvalue weighted by Gasteiger charge is 2.50. The standard InChI is InChI=1S/C20H19N3O6/c1-20(12-7-9-13(27-2)10-8-12)18(25)23(19(26)21-20)22-17(24)16-11-28-14-5-3-4-6-15(14)29-16/h3-10,16H,11H2,1-2H3,(H,21,26)(H,22,24)/t16-,20-/m0/s1. The van der Waals surface area contributed by atoms with E-state index in [1.807, 2.05) is 0 Å². The number of amides is 4. The van der Waals surface area contributed by atoms with Crippen molar-refractivity contribution in [3.05, 3.63) is 54.1 Å². The van der Waals surface area contributed by atoms with Gasteiger partial charge in [0.25, 0.3) is 11.8 Å². The van der Waals surface area contributed by atoms with Gasteiger partial charge in [0.05, 0.1) is 7.11 Å². The van der Waals surface area contributed by atoms with Crippen LogP contribution in [0.25, 0.3) is 0 Å². The summed E-state index contributed by atoms with van der Waals surface area (Å²) < 4.78 is 16.2. The molecule has 2 aromatic carbocycles. The summed E-state index contributed by atoms with van der Waals surface area (Å²) in [6.07, 6.45) is -1.00. The molecule has 0 bridgehead atoms. The van der Waals surface area contributed by atoms with Crippen LogP contribution in [0.5, 0.6) is 17.2 Å². The SMILES string of the molecule is COc1ccc([C@]2(C)NC(=O)N(NC(=O)[C@@H]3COc4ccccc4O3)C2=O)cc1. The first kappa shape index (κ1) is 18.6.